The van der Waals surface area contributed by atoms with Crippen molar-refractivity contribution in [2.75, 3.05) is 11.9 Å². The van der Waals surface area contributed by atoms with Crippen molar-refractivity contribution < 1.29 is 13.2 Å². The Bertz CT molecular complexity index is 1210. The molecule has 5 rings (SSSR count). The molecular weight excluding hydrogens is 408 g/mol. The Labute approximate surface area is 173 Å². The van der Waals surface area contributed by atoms with Crippen LogP contribution in [0.2, 0.25) is 0 Å². The van der Waals surface area contributed by atoms with Crippen LogP contribution in [0, 0.1) is 0 Å². The first-order valence-corrected chi connectivity index (χ1v) is 12.0. The van der Waals surface area contributed by atoms with E-state index in [1.54, 1.807) is 4.31 Å². The molecule has 1 aromatic carbocycles. The number of rotatable bonds is 5. The lowest BCUT2D eigenvalue weighted by Gasteiger charge is -2.25. The molecule has 3 heterocycles. The molecule has 2 aliphatic rings. The highest BCUT2D eigenvalue weighted by Crippen LogP contribution is 2.35. The zero-order valence-corrected chi connectivity index (χ0v) is 17.7. The molecule has 0 spiro atoms. The van der Waals surface area contributed by atoms with Crippen molar-refractivity contribution in [2.24, 2.45) is 7.05 Å². The molecule has 1 N–H and O–H groups in total. The number of hydrogen-bond acceptors (Lipinski definition) is 5. The molecule has 1 saturated carbocycles. The summed E-state index contributed by atoms with van der Waals surface area (Å²) in [7, 11) is -1.21. The van der Waals surface area contributed by atoms with E-state index in [-0.39, 0.29) is 17.6 Å². The third-order valence-electron chi connectivity index (χ3n) is 5.58. The number of benzene rings is 1. The standard InChI is InChI=1S/C20H22N4O3S2/c1-23-11-13(15-4-2-3-5-17(15)23)10-19(25)22-20-21-16-8-9-24(12-18(16)28-20)29(26,27)14-6-7-14/h2-5,11,14H,6-10,12H2,1H3,(H,21,22,25). The van der Waals surface area contributed by atoms with Crippen LogP contribution in [0.5, 0.6) is 0 Å². The number of thiazole rings is 1. The number of aromatic nitrogens is 2. The van der Waals surface area contributed by atoms with E-state index in [2.05, 4.69) is 10.3 Å². The number of amides is 1. The van der Waals surface area contributed by atoms with Crippen molar-refractivity contribution in [3.63, 3.8) is 0 Å². The van der Waals surface area contributed by atoms with Gasteiger partial charge in [0.2, 0.25) is 15.9 Å². The summed E-state index contributed by atoms with van der Waals surface area (Å²) in [5.74, 6) is -0.116. The highest BCUT2D eigenvalue weighted by molar-refractivity contribution is 7.90. The van der Waals surface area contributed by atoms with Crippen LogP contribution in [0.15, 0.2) is 30.5 Å². The summed E-state index contributed by atoms with van der Waals surface area (Å²) in [6.07, 6.45) is 4.39. The number of nitrogens with one attached hydrogen (secondary N) is 1. The molecule has 2 aromatic heterocycles. The third kappa shape index (κ3) is 3.47. The molecule has 7 nitrogen and oxygen atoms in total. The number of para-hydroxylation sites is 1. The van der Waals surface area contributed by atoms with Crippen LogP contribution in [-0.4, -0.2) is 40.0 Å². The first-order chi connectivity index (χ1) is 13.9. The Hall–Kier alpha value is -2.23. The molecule has 0 unspecified atom stereocenters. The fraction of sp³-hybridized carbons (Fsp3) is 0.400. The van der Waals surface area contributed by atoms with Crippen LogP contribution in [0.1, 0.15) is 29.0 Å². The minimum absolute atomic E-state index is 0.116. The van der Waals surface area contributed by atoms with E-state index < -0.39 is 10.0 Å². The fourth-order valence-corrected chi connectivity index (χ4v) is 6.85. The largest absolute Gasteiger partial charge is 0.350 e. The number of carbonyl (C=O) groups excluding carboxylic acids is 1. The van der Waals surface area contributed by atoms with Gasteiger partial charge >= 0.3 is 0 Å². The Morgan fingerprint density at radius 1 is 1.31 bits per heavy atom. The van der Waals surface area contributed by atoms with Gasteiger partial charge in [0.25, 0.3) is 0 Å². The zero-order valence-electron chi connectivity index (χ0n) is 16.1. The van der Waals surface area contributed by atoms with E-state index in [4.69, 9.17) is 0 Å². The second kappa shape index (κ2) is 6.93. The summed E-state index contributed by atoms with van der Waals surface area (Å²) >= 11 is 1.38. The average Bonchev–Trinajstić information content (AvgIpc) is 3.42. The summed E-state index contributed by atoms with van der Waals surface area (Å²) in [5.41, 5.74) is 2.97. The predicted octanol–water partition coefficient (Wildman–Crippen LogP) is 2.67. The molecule has 29 heavy (non-hydrogen) atoms. The Morgan fingerprint density at radius 3 is 2.90 bits per heavy atom. The fourth-order valence-electron chi connectivity index (χ4n) is 3.92. The van der Waals surface area contributed by atoms with Crippen molar-refractivity contribution in [2.45, 2.75) is 37.5 Å². The molecule has 1 aliphatic heterocycles. The van der Waals surface area contributed by atoms with E-state index in [9.17, 15) is 13.2 Å². The van der Waals surface area contributed by atoms with Crippen molar-refractivity contribution in [1.29, 1.82) is 0 Å². The highest BCUT2D eigenvalue weighted by Gasteiger charge is 2.41. The normalized spacial score (nSPS) is 17.4. The number of hydrogen-bond donors (Lipinski definition) is 1. The summed E-state index contributed by atoms with van der Waals surface area (Å²) in [6, 6.07) is 8.01. The molecule has 1 fully saturated rings. The summed E-state index contributed by atoms with van der Waals surface area (Å²) in [4.78, 5) is 18.1. The monoisotopic (exact) mass is 430 g/mol. The van der Waals surface area contributed by atoms with Gasteiger partial charge in [0.1, 0.15) is 0 Å². The number of anilines is 1. The molecular formula is C20H22N4O3S2. The van der Waals surface area contributed by atoms with Gasteiger partial charge in [-0.2, -0.15) is 4.31 Å². The molecule has 1 aliphatic carbocycles. The van der Waals surface area contributed by atoms with Crippen LogP contribution in [0.25, 0.3) is 10.9 Å². The number of nitrogens with zero attached hydrogens (tertiary/aromatic N) is 3. The number of sulfonamides is 1. The van der Waals surface area contributed by atoms with E-state index in [1.165, 1.54) is 11.3 Å². The molecule has 152 valence electrons. The van der Waals surface area contributed by atoms with Gasteiger partial charge in [0.05, 0.1) is 17.4 Å². The topological polar surface area (TPSA) is 84.3 Å². The van der Waals surface area contributed by atoms with Crippen molar-refractivity contribution >= 4 is 43.3 Å². The molecule has 0 radical (unpaired) electrons. The minimum Gasteiger partial charge on any atom is -0.350 e. The van der Waals surface area contributed by atoms with Crippen LogP contribution in [0.4, 0.5) is 5.13 Å². The van der Waals surface area contributed by atoms with E-state index in [0.29, 0.717) is 24.6 Å². The van der Waals surface area contributed by atoms with Gasteiger partial charge in [-0.3, -0.25) is 4.79 Å². The second-order valence-electron chi connectivity index (χ2n) is 7.72. The van der Waals surface area contributed by atoms with Gasteiger partial charge in [-0.15, -0.1) is 11.3 Å². The number of aryl methyl sites for hydroxylation is 1. The Morgan fingerprint density at radius 2 is 2.10 bits per heavy atom. The molecule has 0 saturated heterocycles. The van der Waals surface area contributed by atoms with Crippen LogP contribution in [0.3, 0.4) is 0 Å². The van der Waals surface area contributed by atoms with Gasteiger partial charge in [-0.25, -0.2) is 13.4 Å². The van der Waals surface area contributed by atoms with Gasteiger partial charge < -0.3 is 9.88 Å². The minimum atomic E-state index is -3.18. The second-order valence-corrected chi connectivity index (χ2v) is 11.0. The van der Waals surface area contributed by atoms with Gasteiger partial charge in [-0.1, -0.05) is 18.2 Å². The van der Waals surface area contributed by atoms with E-state index in [1.807, 2.05) is 42.1 Å². The van der Waals surface area contributed by atoms with Crippen LogP contribution < -0.4 is 5.32 Å². The van der Waals surface area contributed by atoms with Gasteiger partial charge in [0, 0.05) is 48.5 Å². The average molecular weight is 431 g/mol. The first-order valence-electron chi connectivity index (χ1n) is 9.72. The predicted molar refractivity (Wildman–Crippen MR) is 113 cm³/mol. The molecule has 3 aromatic rings. The lowest BCUT2D eigenvalue weighted by molar-refractivity contribution is -0.115. The quantitative estimate of drug-likeness (QED) is 0.675. The van der Waals surface area contributed by atoms with E-state index >= 15 is 0 Å². The molecule has 9 heteroatoms. The Kier molecular flexibility index (Phi) is 4.49. The smallest absolute Gasteiger partial charge is 0.230 e. The number of fused-ring (bicyclic) bond motifs is 2. The summed E-state index contributed by atoms with van der Waals surface area (Å²) < 4.78 is 28.6. The number of carbonyl (C=O) groups is 1. The van der Waals surface area contributed by atoms with Crippen LogP contribution in [-0.2, 0) is 41.3 Å². The lowest BCUT2D eigenvalue weighted by Crippen LogP contribution is -2.37. The third-order valence-corrected chi connectivity index (χ3v) is 8.92. The molecule has 1 amide bonds. The molecule has 0 atom stereocenters. The lowest BCUT2D eigenvalue weighted by atomic mass is 10.1. The first kappa shape index (κ1) is 18.8. The Balaban J connectivity index is 1.29. The zero-order chi connectivity index (χ0) is 20.2. The maximum Gasteiger partial charge on any atom is 0.230 e. The van der Waals surface area contributed by atoms with Gasteiger partial charge in [-0.05, 0) is 24.5 Å². The maximum absolute atomic E-state index is 12.6. The highest BCUT2D eigenvalue weighted by atomic mass is 32.2. The van der Waals surface area contributed by atoms with Gasteiger partial charge in [0.15, 0.2) is 5.13 Å². The molecule has 0 bridgehead atoms. The maximum atomic E-state index is 12.6. The SMILES string of the molecule is Cn1cc(CC(=O)Nc2nc3c(s2)CN(S(=O)(=O)C2CC2)CC3)c2ccccc21. The van der Waals surface area contributed by atoms with Crippen molar-refractivity contribution in [3.05, 3.63) is 46.6 Å². The van der Waals surface area contributed by atoms with Crippen molar-refractivity contribution in [1.82, 2.24) is 13.9 Å². The van der Waals surface area contributed by atoms with Crippen LogP contribution >= 0.6 is 11.3 Å². The van der Waals surface area contributed by atoms with Crippen molar-refractivity contribution in [3.8, 4) is 0 Å². The summed E-state index contributed by atoms with van der Waals surface area (Å²) in [6.45, 7) is 0.837. The summed E-state index contributed by atoms with van der Waals surface area (Å²) in [5, 5.41) is 4.32. The van der Waals surface area contributed by atoms with E-state index in [0.717, 1.165) is 39.9 Å².